The van der Waals surface area contributed by atoms with Crippen molar-refractivity contribution >= 4 is 5.82 Å². The molecular weight excluding hydrogens is 236 g/mol. The Kier molecular flexibility index (Phi) is 3.12. The minimum Gasteiger partial charge on any atom is -0.484 e. The van der Waals surface area contributed by atoms with Crippen molar-refractivity contribution in [2.75, 3.05) is 11.5 Å². The zero-order chi connectivity index (χ0) is 14.4. The zero-order valence-corrected chi connectivity index (χ0v) is 12.9. The number of fused-ring (bicyclic) bond motifs is 1. The molecule has 1 aliphatic rings. The molecule has 2 rings (SSSR count). The number of anilines is 1. The van der Waals surface area contributed by atoms with E-state index in [4.69, 9.17) is 9.72 Å². The fourth-order valence-electron chi connectivity index (χ4n) is 2.29. The normalized spacial score (nSPS) is 16.1. The summed E-state index contributed by atoms with van der Waals surface area (Å²) < 4.78 is 5.73. The molecule has 0 bridgehead atoms. The predicted octanol–water partition coefficient (Wildman–Crippen LogP) is 3.89. The molecule has 1 aliphatic heterocycles. The van der Waals surface area contributed by atoms with Gasteiger partial charge in [-0.1, -0.05) is 27.4 Å². The summed E-state index contributed by atoms with van der Waals surface area (Å²) in [5.74, 6) is 1.73. The summed E-state index contributed by atoms with van der Waals surface area (Å²) in [6, 6.07) is 4.07. The van der Waals surface area contributed by atoms with Crippen LogP contribution in [0.25, 0.3) is 0 Å². The van der Waals surface area contributed by atoms with E-state index >= 15 is 0 Å². The molecule has 0 N–H and O–H groups in total. The molecule has 0 fully saturated rings. The number of aromatic nitrogens is 1. The maximum Gasteiger partial charge on any atom is 0.176 e. The van der Waals surface area contributed by atoms with Crippen LogP contribution in [0.4, 0.5) is 5.82 Å². The highest BCUT2D eigenvalue weighted by Gasteiger charge is 2.32. The third-order valence-corrected chi connectivity index (χ3v) is 3.20. The average Bonchev–Trinajstić information content (AvgIpc) is 2.24. The first-order valence-corrected chi connectivity index (χ1v) is 6.73. The lowest BCUT2D eigenvalue weighted by Gasteiger charge is -2.41. The Morgan fingerprint density at radius 2 is 1.79 bits per heavy atom. The van der Waals surface area contributed by atoms with Gasteiger partial charge in [-0.2, -0.15) is 0 Å². The van der Waals surface area contributed by atoms with Crippen LogP contribution in [0, 0.1) is 0 Å². The van der Waals surface area contributed by atoms with Crippen LogP contribution in [0.15, 0.2) is 24.4 Å². The second-order valence-electron chi connectivity index (χ2n) is 7.13. The molecule has 0 atom stereocenters. The molecule has 0 saturated heterocycles. The summed E-state index contributed by atoms with van der Waals surface area (Å²) in [7, 11) is 0. The van der Waals surface area contributed by atoms with Gasteiger partial charge in [-0.15, -0.1) is 0 Å². The molecule has 0 spiro atoms. The van der Waals surface area contributed by atoms with Crippen LogP contribution < -0.4 is 9.64 Å². The molecule has 0 saturated carbocycles. The van der Waals surface area contributed by atoms with Crippen LogP contribution >= 0.6 is 0 Å². The van der Waals surface area contributed by atoms with Crippen molar-refractivity contribution in [1.82, 2.24) is 4.98 Å². The zero-order valence-electron chi connectivity index (χ0n) is 12.9. The van der Waals surface area contributed by atoms with E-state index in [0.717, 1.165) is 23.0 Å². The summed E-state index contributed by atoms with van der Waals surface area (Å²) in [4.78, 5) is 7.00. The molecular formula is C16H24N2O. The van der Waals surface area contributed by atoms with Gasteiger partial charge in [-0.3, -0.25) is 0 Å². The highest BCUT2D eigenvalue weighted by Crippen LogP contribution is 2.39. The van der Waals surface area contributed by atoms with Gasteiger partial charge in [0.05, 0.1) is 5.70 Å². The standard InChI is InChI=1S/C16H24N2O/c1-11-10-19-12-8-9-13(15(2,3)4)17-14(12)18(11)16(5,6)7/h8-9H,1,10H2,2-7H3. The first-order valence-electron chi connectivity index (χ1n) is 6.73. The number of rotatable bonds is 0. The monoisotopic (exact) mass is 260 g/mol. The molecule has 104 valence electrons. The Morgan fingerprint density at radius 3 is 2.32 bits per heavy atom. The van der Waals surface area contributed by atoms with Gasteiger partial charge in [0.1, 0.15) is 6.61 Å². The maximum absolute atomic E-state index is 5.73. The lowest BCUT2D eigenvalue weighted by atomic mass is 9.91. The number of hydrogen-bond donors (Lipinski definition) is 0. The topological polar surface area (TPSA) is 25.4 Å². The van der Waals surface area contributed by atoms with Crippen molar-refractivity contribution in [3.63, 3.8) is 0 Å². The summed E-state index contributed by atoms with van der Waals surface area (Å²) in [5, 5.41) is 0. The molecule has 0 aromatic carbocycles. The summed E-state index contributed by atoms with van der Waals surface area (Å²) in [6.45, 7) is 17.6. The van der Waals surface area contributed by atoms with Crippen LogP contribution in [-0.4, -0.2) is 17.1 Å². The first kappa shape index (κ1) is 13.9. The first-order chi connectivity index (χ1) is 8.60. The van der Waals surface area contributed by atoms with E-state index in [1.807, 2.05) is 12.1 Å². The number of hydrogen-bond acceptors (Lipinski definition) is 3. The second kappa shape index (κ2) is 4.26. The van der Waals surface area contributed by atoms with Crippen molar-refractivity contribution in [1.29, 1.82) is 0 Å². The van der Waals surface area contributed by atoms with Crippen LogP contribution in [0.3, 0.4) is 0 Å². The van der Waals surface area contributed by atoms with Crippen molar-refractivity contribution in [2.24, 2.45) is 0 Å². The van der Waals surface area contributed by atoms with Crippen LogP contribution in [-0.2, 0) is 5.41 Å². The van der Waals surface area contributed by atoms with E-state index < -0.39 is 0 Å². The SMILES string of the molecule is C=C1COc2ccc(C(C)(C)C)nc2N1C(C)(C)C. The van der Waals surface area contributed by atoms with Crippen LogP contribution in [0.2, 0.25) is 0 Å². The molecule has 19 heavy (non-hydrogen) atoms. The molecule has 1 aromatic heterocycles. The largest absolute Gasteiger partial charge is 0.484 e. The van der Waals surface area contributed by atoms with E-state index in [1.165, 1.54) is 0 Å². The fraction of sp³-hybridized carbons (Fsp3) is 0.562. The Labute approximate surface area is 116 Å². The molecule has 0 unspecified atom stereocenters. The number of pyridine rings is 1. The van der Waals surface area contributed by atoms with Crippen molar-refractivity contribution in [2.45, 2.75) is 52.5 Å². The Bertz CT molecular complexity index is 506. The number of ether oxygens (including phenoxy) is 1. The van der Waals surface area contributed by atoms with E-state index in [9.17, 15) is 0 Å². The molecule has 0 radical (unpaired) electrons. The van der Waals surface area contributed by atoms with Crippen LogP contribution in [0.1, 0.15) is 47.2 Å². The molecule has 0 aliphatic carbocycles. The molecule has 3 heteroatoms. The van der Waals surface area contributed by atoms with E-state index in [-0.39, 0.29) is 11.0 Å². The number of nitrogens with zero attached hydrogens (tertiary/aromatic N) is 2. The van der Waals surface area contributed by atoms with Gasteiger partial charge in [0.25, 0.3) is 0 Å². The smallest absolute Gasteiger partial charge is 0.176 e. The van der Waals surface area contributed by atoms with Gasteiger partial charge in [0.15, 0.2) is 11.6 Å². The highest BCUT2D eigenvalue weighted by atomic mass is 16.5. The molecule has 0 amide bonds. The highest BCUT2D eigenvalue weighted by molar-refractivity contribution is 5.61. The summed E-state index contributed by atoms with van der Waals surface area (Å²) >= 11 is 0. The van der Waals surface area contributed by atoms with Crippen LogP contribution in [0.5, 0.6) is 5.75 Å². The van der Waals surface area contributed by atoms with Gasteiger partial charge in [-0.05, 0) is 32.9 Å². The van der Waals surface area contributed by atoms with Gasteiger partial charge in [0, 0.05) is 16.6 Å². The van der Waals surface area contributed by atoms with Crippen molar-refractivity contribution in [3.8, 4) is 5.75 Å². The Morgan fingerprint density at radius 1 is 1.16 bits per heavy atom. The maximum atomic E-state index is 5.73. The van der Waals surface area contributed by atoms with Gasteiger partial charge < -0.3 is 9.64 Å². The van der Waals surface area contributed by atoms with E-state index in [2.05, 4.69) is 53.0 Å². The van der Waals surface area contributed by atoms with E-state index in [1.54, 1.807) is 0 Å². The lowest BCUT2D eigenvalue weighted by Crippen LogP contribution is -2.45. The van der Waals surface area contributed by atoms with Crippen molar-refractivity contribution < 1.29 is 4.74 Å². The van der Waals surface area contributed by atoms with Crippen molar-refractivity contribution in [3.05, 3.63) is 30.1 Å². The Hall–Kier alpha value is -1.51. The molecule has 2 heterocycles. The minimum absolute atomic E-state index is 0.0252. The molecule has 3 nitrogen and oxygen atoms in total. The average molecular weight is 260 g/mol. The molecule has 1 aromatic rings. The van der Waals surface area contributed by atoms with E-state index in [0.29, 0.717) is 6.61 Å². The lowest BCUT2D eigenvalue weighted by molar-refractivity contribution is 0.317. The predicted molar refractivity (Wildman–Crippen MR) is 79.8 cm³/mol. The minimum atomic E-state index is -0.0564. The third kappa shape index (κ3) is 2.60. The summed E-state index contributed by atoms with van der Waals surface area (Å²) in [6.07, 6.45) is 0. The summed E-state index contributed by atoms with van der Waals surface area (Å²) in [5.41, 5.74) is 1.99. The quantitative estimate of drug-likeness (QED) is 0.707. The third-order valence-electron chi connectivity index (χ3n) is 3.20. The second-order valence-corrected chi connectivity index (χ2v) is 7.13. The Balaban J connectivity index is 2.57. The fourth-order valence-corrected chi connectivity index (χ4v) is 2.29. The van der Waals surface area contributed by atoms with Gasteiger partial charge in [0.2, 0.25) is 0 Å². The van der Waals surface area contributed by atoms with Gasteiger partial charge in [-0.25, -0.2) is 4.98 Å². The van der Waals surface area contributed by atoms with Gasteiger partial charge >= 0.3 is 0 Å².